The second-order valence-corrected chi connectivity index (χ2v) is 5.72. The third-order valence-electron chi connectivity index (χ3n) is 4.18. The van der Waals surface area contributed by atoms with E-state index in [1.54, 1.807) is 0 Å². The number of nitrogens with one attached hydrogen (secondary N) is 2. The van der Waals surface area contributed by atoms with E-state index in [-0.39, 0.29) is 5.91 Å². The van der Waals surface area contributed by atoms with Crippen LogP contribution in [0.5, 0.6) is 0 Å². The molecule has 1 aromatic rings. The molecule has 0 spiro atoms. The minimum absolute atomic E-state index is 0.251. The third kappa shape index (κ3) is 3.12. The molecular formula is C16H23N3O. The number of carbonyl (C=O) groups excluding carboxylic acids is 1. The van der Waals surface area contributed by atoms with Crippen molar-refractivity contribution >= 4 is 17.3 Å². The van der Waals surface area contributed by atoms with Gasteiger partial charge in [0.2, 0.25) is 5.91 Å². The molecule has 2 fully saturated rings. The topological polar surface area (TPSA) is 44.4 Å². The van der Waals surface area contributed by atoms with E-state index in [2.05, 4.69) is 22.8 Å². The first kappa shape index (κ1) is 13.4. The molecule has 0 radical (unpaired) electrons. The maximum absolute atomic E-state index is 11.8. The van der Waals surface area contributed by atoms with E-state index in [4.69, 9.17) is 0 Å². The lowest BCUT2D eigenvalue weighted by Crippen LogP contribution is -2.24. The summed E-state index contributed by atoms with van der Waals surface area (Å²) in [5, 5.41) is 7.05. The van der Waals surface area contributed by atoms with Gasteiger partial charge in [-0.15, -0.1) is 0 Å². The van der Waals surface area contributed by atoms with Crippen molar-refractivity contribution in [2.75, 3.05) is 29.9 Å². The number of carbonyl (C=O) groups is 1. The molecule has 1 aromatic carbocycles. The predicted molar refractivity (Wildman–Crippen MR) is 82.2 cm³/mol. The first-order valence-corrected chi connectivity index (χ1v) is 7.70. The van der Waals surface area contributed by atoms with Crippen LogP contribution in [0.2, 0.25) is 0 Å². The van der Waals surface area contributed by atoms with Crippen LogP contribution in [-0.2, 0) is 4.79 Å². The molecular weight excluding hydrogens is 250 g/mol. The number of anilines is 2. The molecule has 2 N–H and O–H groups in total. The molecule has 0 aromatic heterocycles. The van der Waals surface area contributed by atoms with Gasteiger partial charge in [-0.2, -0.15) is 0 Å². The lowest BCUT2D eigenvalue weighted by molar-refractivity contribution is -0.117. The van der Waals surface area contributed by atoms with Crippen molar-refractivity contribution in [3.63, 3.8) is 0 Å². The Morgan fingerprint density at radius 2 is 2.15 bits per heavy atom. The Kier molecular flexibility index (Phi) is 4.21. The summed E-state index contributed by atoms with van der Waals surface area (Å²) in [5.74, 6) is 0.251. The lowest BCUT2D eigenvalue weighted by Gasteiger charge is -2.20. The zero-order valence-electron chi connectivity index (χ0n) is 11.9. The van der Waals surface area contributed by atoms with Gasteiger partial charge < -0.3 is 15.5 Å². The molecule has 2 aliphatic heterocycles. The first-order chi connectivity index (χ1) is 9.83. The molecule has 108 valence electrons. The molecule has 1 amide bonds. The van der Waals surface area contributed by atoms with Crippen LogP contribution in [-0.4, -0.2) is 31.6 Å². The fourth-order valence-corrected chi connectivity index (χ4v) is 3.08. The van der Waals surface area contributed by atoms with Crippen molar-refractivity contribution in [2.45, 2.75) is 38.1 Å². The minimum Gasteiger partial charge on any atom is -0.382 e. The Labute approximate surface area is 120 Å². The van der Waals surface area contributed by atoms with Gasteiger partial charge in [0, 0.05) is 30.4 Å². The number of hydrogen-bond acceptors (Lipinski definition) is 3. The Balaban J connectivity index is 1.69. The average molecular weight is 273 g/mol. The summed E-state index contributed by atoms with van der Waals surface area (Å²) in [4.78, 5) is 13.7. The van der Waals surface area contributed by atoms with Crippen molar-refractivity contribution in [1.29, 1.82) is 0 Å². The largest absolute Gasteiger partial charge is 0.382 e. The van der Waals surface area contributed by atoms with E-state index in [0.29, 0.717) is 12.5 Å². The van der Waals surface area contributed by atoms with Gasteiger partial charge >= 0.3 is 0 Å². The molecule has 2 heterocycles. The minimum atomic E-state index is 0.251. The average Bonchev–Trinajstić information content (AvgIpc) is 2.72. The Morgan fingerprint density at radius 3 is 3.00 bits per heavy atom. The summed E-state index contributed by atoms with van der Waals surface area (Å²) in [6.45, 7) is 3.07. The molecule has 4 nitrogen and oxygen atoms in total. The molecule has 1 atom stereocenters. The zero-order chi connectivity index (χ0) is 13.8. The number of benzene rings is 1. The Hall–Kier alpha value is -1.55. The van der Waals surface area contributed by atoms with Gasteiger partial charge in [0.15, 0.2) is 0 Å². The lowest BCUT2D eigenvalue weighted by atomic mass is 10.1. The second kappa shape index (κ2) is 6.27. The maximum Gasteiger partial charge on any atom is 0.227 e. The summed E-state index contributed by atoms with van der Waals surface area (Å²) in [7, 11) is 0. The number of nitrogens with zero attached hydrogens (tertiary/aromatic N) is 1. The monoisotopic (exact) mass is 273 g/mol. The fraction of sp³-hybridized carbons (Fsp3) is 0.562. The molecule has 3 rings (SSSR count). The fourth-order valence-electron chi connectivity index (χ4n) is 3.08. The van der Waals surface area contributed by atoms with Crippen molar-refractivity contribution < 1.29 is 4.79 Å². The van der Waals surface area contributed by atoms with Gasteiger partial charge in [-0.1, -0.05) is 6.07 Å². The van der Waals surface area contributed by atoms with Gasteiger partial charge in [0.1, 0.15) is 0 Å². The van der Waals surface area contributed by atoms with E-state index in [1.165, 1.54) is 12.8 Å². The summed E-state index contributed by atoms with van der Waals surface area (Å²) >= 11 is 0. The number of amides is 1. The zero-order valence-corrected chi connectivity index (χ0v) is 11.9. The highest BCUT2D eigenvalue weighted by molar-refractivity contribution is 5.95. The Bertz CT molecular complexity index is 467. The van der Waals surface area contributed by atoms with E-state index in [0.717, 1.165) is 43.9 Å². The van der Waals surface area contributed by atoms with E-state index in [9.17, 15) is 4.79 Å². The van der Waals surface area contributed by atoms with Crippen LogP contribution in [0.3, 0.4) is 0 Å². The highest BCUT2D eigenvalue weighted by Gasteiger charge is 2.21. The molecule has 0 aliphatic carbocycles. The molecule has 20 heavy (non-hydrogen) atoms. The van der Waals surface area contributed by atoms with Gasteiger partial charge in [-0.3, -0.25) is 4.79 Å². The maximum atomic E-state index is 11.8. The summed E-state index contributed by atoms with van der Waals surface area (Å²) in [6, 6.07) is 8.82. The number of rotatable bonds is 3. The van der Waals surface area contributed by atoms with Crippen LogP contribution in [0, 0.1) is 0 Å². The van der Waals surface area contributed by atoms with Crippen LogP contribution in [0.1, 0.15) is 32.1 Å². The highest BCUT2D eigenvalue weighted by Crippen LogP contribution is 2.25. The van der Waals surface area contributed by atoms with Crippen LogP contribution >= 0.6 is 0 Å². The third-order valence-corrected chi connectivity index (χ3v) is 4.18. The van der Waals surface area contributed by atoms with Crippen LogP contribution in [0.15, 0.2) is 24.3 Å². The summed E-state index contributed by atoms with van der Waals surface area (Å²) < 4.78 is 0. The van der Waals surface area contributed by atoms with Crippen LogP contribution < -0.4 is 15.5 Å². The van der Waals surface area contributed by atoms with Crippen molar-refractivity contribution in [3.05, 3.63) is 24.3 Å². The van der Waals surface area contributed by atoms with Crippen molar-refractivity contribution in [2.24, 2.45) is 0 Å². The standard InChI is InChI=1S/C16H23N3O/c20-16-7-3-11-19(16)15-6-1-4-14(12-15)18-13-5-2-9-17-10-8-13/h1,4,6,12-13,17-18H,2-3,5,7-11H2. The second-order valence-electron chi connectivity index (χ2n) is 5.72. The quantitative estimate of drug-likeness (QED) is 0.888. The van der Waals surface area contributed by atoms with Gasteiger partial charge in [-0.05, 0) is 57.0 Å². The van der Waals surface area contributed by atoms with Crippen molar-refractivity contribution in [1.82, 2.24) is 5.32 Å². The van der Waals surface area contributed by atoms with E-state index in [1.807, 2.05) is 17.0 Å². The summed E-state index contributed by atoms with van der Waals surface area (Å²) in [5.41, 5.74) is 2.17. The van der Waals surface area contributed by atoms with Crippen LogP contribution in [0.4, 0.5) is 11.4 Å². The molecule has 1 unspecified atom stereocenters. The molecule has 2 aliphatic rings. The van der Waals surface area contributed by atoms with E-state index >= 15 is 0 Å². The van der Waals surface area contributed by atoms with Gasteiger partial charge in [0.25, 0.3) is 0 Å². The van der Waals surface area contributed by atoms with Crippen molar-refractivity contribution in [3.8, 4) is 0 Å². The number of hydrogen-bond donors (Lipinski definition) is 2. The SMILES string of the molecule is O=C1CCCN1c1cccc(NC2CCCNCC2)c1. The molecule has 4 heteroatoms. The summed E-state index contributed by atoms with van der Waals surface area (Å²) in [6.07, 6.45) is 5.26. The van der Waals surface area contributed by atoms with Gasteiger partial charge in [-0.25, -0.2) is 0 Å². The predicted octanol–water partition coefficient (Wildman–Crippen LogP) is 2.37. The molecule has 0 saturated carbocycles. The van der Waals surface area contributed by atoms with E-state index < -0.39 is 0 Å². The van der Waals surface area contributed by atoms with Crippen LogP contribution in [0.25, 0.3) is 0 Å². The smallest absolute Gasteiger partial charge is 0.227 e. The van der Waals surface area contributed by atoms with Gasteiger partial charge in [0.05, 0.1) is 0 Å². The highest BCUT2D eigenvalue weighted by atomic mass is 16.2. The molecule has 0 bridgehead atoms. The first-order valence-electron chi connectivity index (χ1n) is 7.70. The normalized spacial score (nSPS) is 23.7. The Morgan fingerprint density at radius 1 is 1.20 bits per heavy atom. The molecule has 2 saturated heterocycles.